The first kappa shape index (κ1) is 17.8. The van der Waals surface area contributed by atoms with Gasteiger partial charge < -0.3 is 15.4 Å². The molecule has 1 atom stereocenters. The summed E-state index contributed by atoms with van der Waals surface area (Å²) in [7, 11) is 1.66. The molecule has 0 fully saturated rings. The molecular weight excluding hydrogens is 372 g/mol. The second kappa shape index (κ2) is 7.79. The van der Waals surface area contributed by atoms with E-state index < -0.39 is 0 Å². The van der Waals surface area contributed by atoms with Crippen LogP contribution in [0.4, 0.5) is 5.69 Å². The highest BCUT2D eigenvalue weighted by atomic mass is 79.9. The highest BCUT2D eigenvalue weighted by Crippen LogP contribution is 2.28. The Kier molecular flexibility index (Phi) is 6.02. The molecule has 0 amide bonds. The average molecular weight is 393 g/mol. The van der Waals surface area contributed by atoms with E-state index in [1.54, 1.807) is 7.11 Å². The van der Waals surface area contributed by atoms with Gasteiger partial charge in [-0.25, -0.2) is 0 Å². The molecule has 3 nitrogen and oxygen atoms in total. The molecule has 0 saturated carbocycles. The fourth-order valence-electron chi connectivity index (χ4n) is 2.26. The van der Waals surface area contributed by atoms with E-state index in [2.05, 4.69) is 65.5 Å². The van der Waals surface area contributed by atoms with Crippen molar-refractivity contribution in [3.05, 3.63) is 57.6 Å². The molecule has 0 aliphatic rings. The zero-order valence-electron chi connectivity index (χ0n) is 13.7. The SMILES string of the molecule is COc1ccc([C@@H](C)NC(=S)Nc2cc(C)ccc2C)cc1Br. The van der Waals surface area contributed by atoms with E-state index >= 15 is 0 Å². The summed E-state index contributed by atoms with van der Waals surface area (Å²) in [6, 6.07) is 12.4. The molecule has 0 spiro atoms. The van der Waals surface area contributed by atoms with E-state index in [0.717, 1.165) is 21.5 Å². The van der Waals surface area contributed by atoms with Gasteiger partial charge in [0.1, 0.15) is 5.75 Å². The number of ether oxygens (including phenoxy) is 1. The van der Waals surface area contributed by atoms with Gasteiger partial charge in [0.05, 0.1) is 17.6 Å². The number of anilines is 1. The third-order valence-corrected chi connectivity index (χ3v) is 4.50. The van der Waals surface area contributed by atoms with Gasteiger partial charge in [0, 0.05) is 5.69 Å². The molecule has 2 rings (SSSR count). The minimum Gasteiger partial charge on any atom is -0.496 e. The van der Waals surface area contributed by atoms with E-state index in [-0.39, 0.29) is 6.04 Å². The van der Waals surface area contributed by atoms with Crippen LogP contribution in [0.1, 0.15) is 29.7 Å². The van der Waals surface area contributed by atoms with Crippen LogP contribution >= 0.6 is 28.1 Å². The van der Waals surface area contributed by atoms with Crippen molar-refractivity contribution in [2.75, 3.05) is 12.4 Å². The molecule has 2 aromatic rings. The van der Waals surface area contributed by atoms with Crippen molar-refractivity contribution in [3.63, 3.8) is 0 Å². The first-order valence-electron chi connectivity index (χ1n) is 7.39. The number of methoxy groups -OCH3 is 1. The largest absolute Gasteiger partial charge is 0.496 e. The Labute approximate surface area is 151 Å². The van der Waals surface area contributed by atoms with Gasteiger partial charge in [0.15, 0.2) is 5.11 Å². The Hall–Kier alpha value is -1.59. The molecule has 0 unspecified atom stereocenters. The highest BCUT2D eigenvalue weighted by Gasteiger charge is 2.10. The van der Waals surface area contributed by atoms with Crippen molar-refractivity contribution < 1.29 is 4.74 Å². The van der Waals surface area contributed by atoms with Crippen molar-refractivity contribution in [3.8, 4) is 5.75 Å². The van der Waals surface area contributed by atoms with Gasteiger partial charge in [0.25, 0.3) is 0 Å². The summed E-state index contributed by atoms with van der Waals surface area (Å²) < 4.78 is 6.19. The third kappa shape index (κ3) is 4.69. The van der Waals surface area contributed by atoms with E-state index in [0.29, 0.717) is 5.11 Å². The molecule has 0 aliphatic carbocycles. The zero-order valence-corrected chi connectivity index (χ0v) is 16.1. The Bertz CT molecular complexity index is 718. The number of nitrogens with one attached hydrogen (secondary N) is 2. The molecule has 0 bridgehead atoms. The molecule has 5 heteroatoms. The minimum atomic E-state index is 0.0855. The predicted octanol–water partition coefficient (Wildman–Crippen LogP) is 5.12. The highest BCUT2D eigenvalue weighted by molar-refractivity contribution is 9.10. The number of halogens is 1. The van der Waals surface area contributed by atoms with Crippen molar-refractivity contribution in [1.82, 2.24) is 5.32 Å². The molecule has 0 aromatic heterocycles. The normalized spacial score (nSPS) is 11.7. The van der Waals surface area contributed by atoms with Crippen LogP contribution in [0.25, 0.3) is 0 Å². The summed E-state index contributed by atoms with van der Waals surface area (Å²) in [6.45, 7) is 6.21. The van der Waals surface area contributed by atoms with Gasteiger partial charge in [-0.1, -0.05) is 18.2 Å². The number of aryl methyl sites for hydroxylation is 2. The summed E-state index contributed by atoms with van der Waals surface area (Å²) in [4.78, 5) is 0. The number of hydrogen-bond acceptors (Lipinski definition) is 2. The van der Waals surface area contributed by atoms with E-state index in [9.17, 15) is 0 Å². The van der Waals surface area contributed by atoms with Gasteiger partial charge in [-0.05, 0) is 83.8 Å². The Morgan fingerprint density at radius 2 is 1.91 bits per heavy atom. The fraction of sp³-hybridized carbons (Fsp3) is 0.278. The van der Waals surface area contributed by atoms with Crippen LogP contribution in [0.5, 0.6) is 5.75 Å². The number of hydrogen-bond donors (Lipinski definition) is 2. The summed E-state index contributed by atoms with van der Waals surface area (Å²) in [5.74, 6) is 0.817. The topological polar surface area (TPSA) is 33.3 Å². The van der Waals surface area contributed by atoms with Crippen molar-refractivity contribution in [2.24, 2.45) is 0 Å². The van der Waals surface area contributed by atoms with Gasteiger partial charge in [-0.15, -0.1) is 0 Å². The molecule has 122 valence electrons. The maximum atomic E-state index is 5.44. The van der Waals surface area contributed by atoms with Crippen molar-refractivity contribution >= 4 is 38.9 Å². The average Bonchev–Trinajstić information content (AvgIpc) is 2.50. The van der Waals surface area contributed by atoms with Crippen LogP contribution in [0.3, 0.4) is 0 Å². The number of benzene rings is 2. The Morgan fingerprint density at radius 1 is 1.17 bits per heavy atom. The lowest BCUT2D eigenvalue weighted by atomic mass is 10.1. The number of thiocarbonyl (C=S) groups is 1. The van der Waals surface area contributed by atoms with Gasteiger partial charge in [0.2, 0.25) is 0 Å². The molecule has 2 aromatic carbocycles. The molecule has 0 radical (unpaired) electrons. The lowest BCUT2D eigenvalue weighted by molar-refractivity contribution is 0.412. The summed E-state index contributed by atoms with van der Waals surface area (Å²) >= 11 is 8.95. The maximum Gasteiger partial charge on any atom is 0.171 e. The van der Waals surface area contributed by atoms with E-state index in [4.69, 9.17) is 17.0 Å². The standard InChI is InChI=1S/C18H21BrN2OS/c1-11-5-6-12(2)16(9-11)21-18(23)20-13(3)14-7-8-17(22-4)15(19)10-14/h5-10,13H,1-4H3,(H2,20,21,23)/t13-/m1/s1. The molecule has 2 N–H and O–H groups in total. The lowest BCUT2D eigenvalue weighted by Gasteiger charge is -2.19. The van der Waals surface area contributed by atoms with Crippen LogP contribution in [0.15, 0.2) is 40.9 Å². The summed E-state index contributed by atoms with van der Waals surface area (Å²) in [5.41, 5.74) is 4.53. The maximum absolute atomic E-state index is 5.44. The van der Waals surface area contributed by atoms with E-state index in [1.165, 1.54) is 11.1 Å². The second-order valence-electron chi connectivity index (χ2n) is 5.53. The first-order chi connectivity index (χ1) is 10.9. The molecule has 0 saturated heterocycles. The van der Waals surface area contributed by atoms with Crippen LogP contribution in [0.2, 0.25) is 0 Å². The number of rotatable bonds is 4. The second-order valence-corrected chi connectivity index (χ2v) is 6.80. The molecule has 0 heterocycles. The molecule has 23 heavy (non-hydrogen) atoms. The van der Waals surface area contributed by atoms with Crippen LogP contribution in [0, 0.1) is 13.8 Å². The van der Waals surface area contributed by atoms with Gasteiger partial charge in [-0.3, -0.25) is 0 Å². The van der Waals surface area contributed by atoms with E-state index in [1.807, 2.05) is 18.2 Å². The van der Waals surface area contributed by atoms with Crippen LogP contribution in [-0.2, 0) is 0 Å². The van der Waals surface area contributed by atoms with Crippen molar-refractivity contribution in [2.45, 2.75) is 26.8 Å². The monoisotopic (exact) mass is 392 g/mol. The zero-order chi connectivity index (χ0) is 17.0. The molecular formula is C18H21BrN2OS. The minimum absolute atomic E-state index is 0.0855. The molecule has 0 aliphatic heterocycles. The Balaban J connectivity index is 2.04. The summed E-state index contributed by atoms with van der Waals surface area (Å²) in [5, 5.41) is 7.20. The quantitative estimate of drug-likeness (QED) is 0.707. The smallest absolute Gasteiger partial charge is 0.171 e. The third-order valence-electron chi connectivity index (χ3n) is 3.66. The Morgan fingerprint density at radius 3 is 2.57 bits per heavy atom. The summed E-state index contributed by atoms with van der Waals surface area (Å²) in [6.07, 6.45) is 0. The fourth-order valence-corrected chi connectivity index (χ4v) is 3.11. The van der Waals surface area contributed by atoms with Gasteiger partial charge >= 0.3 is 0 Å². The van der Waals surface area contributed by atoms with Crippen LogP contribution < -0.4 is 15.4 Å². The van der Waals surface area contributed by atoms with Crippen LogP contribution in [-0.4, -0.2) is 12.2 Å². The lowest BCUT2D eigenvalue weighted by Crippen LogP contribution is -2.31. The van der Waals surface area contributed by atoms with Gasteiger partial charge in [-0.2, -0.15) is 0 Å². The first-order valence-corrected chi connectivity index (χ1v) is 8.59. The van der Waals surface area contributed by atoms with Crippen molar-refractivity contribution in [1.29, 1.82) is 0 Å². The predicted molar refractivity (Wildman–Crippen MR) is 104 cm³/mol.